The van der Waals surface area contributed by atoms with E-state index in [0.717, 1.165) is 10.0 Å². The molecule has 0 bridgehead atoms. The lowest BCUT2D eigenvalue weighted by Gasteiger charge is -2.44. The first kappa shape index (κ1) is 12.0. The van der Waals surface area contributed by atoms with Crippen molar-refractivity contribution in [1.29, 1.82) is 0 Å². The smallest absolute Gasteiger partial charge is 0.221 e. The highest BCUT2D eigenvalue weighted by molar-refractivity contribution is 9.10. The maximum atomic E-state index is 11.6. The molecular formula is C10H12BrNO3S. The number of aliphatic hydroxyl groups is 1. The van der Waals surface area contributed by atoms with E-state index in [0.29, 0.717) is 0 Å². The highest BCUT2D eigenvalue weighted by Gasteiger charge is 2.51. The van der Waals surface area contributed by atoms with Gasteiger partial charge < -0.3 is 5.11 Å². The second-order valence-electron chi connectivity index (χ2n) is 3.78. The molecule has 2 rings (SSSR count). The zero-order valence-electron chi connectivity index (χ0n) is 8.67. The average molecular weight is 306 g/mol. The Bertz CT molecular complexity index is 485. The first-order chi connectivity index (χ1) is 7.48. The van der Waals surface area contributed by atoms with Crippen LogP contribution in [0.15, 0.2) is 28.7 Å². The summed E-state index contributed by atoms with van der Waals surface area (Å²) in [5.41, 5.74) is 0.902. The molecule has 0 radical (unpaired) electrons. The Morgan fingerprint density at radius 2 is 1.94 bits per heavy atom. The third kappa shape index (κ3) is 1.69. The SMILES string of the molecule is CN1[C@H](c2ccc(Br)cc2)[C@H](CO)S1(=O)=O. The molecule has 16 heavy (non-hydrogen) atoms. The maximum absolute atomic E-state index is 11.6. The quantitative estimate of drug-likeness (QED) is 0.891. The molecular weight excluding hydrogens is 294 g/mol. The minimum atomic E-state index is -3.29. The zero-order valence-corrected chi connectivity index (χ0v) is 11.1. The molecule has 1 aliphatic heterocycles. The lowest BCUT2D eigenvalue weighted by molar-refractivity contribution is 0.201. The first-order valence-corrected chi connectivity index (χ1v) is 7.11. The van der Waals surface area contributed by atoms with Gasteiger partial charge in [-0.15, -0.1) is 0 Å². The summed E-state index contributed by atoms with van der Waals surface area (Å²) in [6, 6.07) is 7.21. The summed E-state index contributed by atoms with van der Waals surface area (Å²) in [6.07, 6.45) is 0. The highest BCUT2D eigenvalue weighted by Crippen LogP contribution is 2.40. The van der Waals surface area contributed by atoms with Gasteiger partial charge in [0.1, 0.15) is 5.25 Å². The molecule has 6 heteroatoms. The van der Waals surface area contributed by atoms with Crippen LogP contribution in [0.25, 0.3) is 0 Å². The first-order valence-electron chi connectivity index (χ1n) is 4.81. The molecule has 1 N–H and O–H groups in total. The normalized spacial score (nSPS) is 28.7. The van der Waals surface area contributed by atoms with Crippen molar-refractivity contribution in [2.75, 3.05) is 13.7 Å². The molecule has 1 saturated heterocycles. The van der Waals surface area contributed by atoms with Crippen molar-refractivity contribution in [2.45, 2.75) is 11.3 Å². The lowest BCUT2D eigenvalue weighted by Crippen LogP contribution is -2.57. The fourth-order valence-corrected chi connectivity index (χ4v) is 3.92. The molecule has 0 aliphatic carbocycles. The van der Waals surface area contributed by atoms with E-state index in [9.17, 15) is 8.42 Å². The van der Waals surface area contributed by atoms with Gasteiger partial charge in [0.2, 0.25) is 10.0 Å². The van der Waals surface area contributed by atoms with Crippen LogP contribution in [0.1, 0.15) is 11.6 Å². The predicted octanol–water partition coefficient (Wildman–Crippen LogP) is 1.13. The van der Waals surface area contributed by atoms with Gasteiger partial charge in [0.15, 0.2) is 0 Å². The molecule has 88 valence electrons. The molecule has 0 amide bonds. The molecule has 1 aromatic rings. The van der Waals surface area contributed by atoms with Crippen molar-refractivity contribution in [2.24, 2.45) is 0 Å². The minimum Gasteiger partial charge on any atom is -0.395 e. The standard InChI is InChI=1S/C10H12BrNO3S/c1-12-10(9(6-13)16(12,14)15)7-2-4-8(11)5-3-7/h2-5,9-10,13H,6H2,1H3/t9-,10+/m0/s1. The van der Waals surface area contributed by atoms with Gasteiger partial charge in [-0.3, -0.25) is 0 Å². The van der Waals surface area contributed by atoms with Crippen LogP contribution in [-0.2, 0) is 10.0 Å². The van der Waals surface area contributed by atoms with Crippen LogP contribution in [0.5, 0.6) is 0 Å². The summed E-state index contributed by atoms with van der Waals surface area (Å²) >= 11 is 3.32. The molecule has 2 atom stereocenters. The van der Waals surface area contributed by atoms with Gasteiger partial charge in [-0.1, -0.05) is 28.1 Å². The fourth-order valence-electron chi connectivity index (χ4n) is 1.99. The van der Waals surface area contributed by atoms with Gasteiger partial charge in [0.25, 0.3) is 0 Å². The third-order valence-electron chi connectivity index (χ3n) is 2.92. The molecule has 4 nitrogen and oxygen atoms in total. The van der Waals surface area contributed by atoms with E-state index < -0.39 is 15.3 Å². The number of aliphatic hydroxyl groups excluding tert-OH is 1. The van der Waals surface area contributed by atoms with Crippen molar-refractivity contribution < 1.29 is 13.5 Å². The number of benzene rings is 1. The topological polar surface area (TPSA) is 57.6 Å². The van der Waals surface area contributed by atoms with Crippen LogP contribution in [0, 0.1) is 0 Å². The molecule has 0 aromatic heterocycles. The van der Waals surface area contributed by atoms with Gasteiger partial charge in [0.05, 0.1) is 12.6 Å². The van der Waals surface area contributed by atoms with E-state index >= 15 is 0 Å². The largest absolute Gasteiger partial charge is 0.395 e. The number of rotatable bonds is 2. The Morgan fingerprint density at radius 3 is 2.44 bits per heavy atom. The Kier molecular flexibility index (Phi) is 3.09. The van der Waals surface area contributed by atoms with Crippen LogP contribution < -0.4 is 0 Å². The van der Waals surface area contributed by atoms with E-state index in [4.69, 9.17) is 5.11 Å². The fraction of sp³-hybridized carbons (Fsp3) is 0.400. The summed E-state index contributed by atoms with van der Waals surface area (Å²) in [7, 11) is -1.75. The Balaban J connectivity index is 2.33. The van der Waals surface area contributed by atoms with Crippen LogP contribution >= 0.6 is 15.9 Å². The van der Waals surface area contributed by atoms with E-state index in [2.05, 4.69) is 15.9 Å². The minimum absolute atomic E-state index is 0.247. The van der Waals surface area contributed by atoms with Crippen LogP contribution in [0.3, 0.4) is 0 Å². The van der Waals surface area contributed by atoms with E-state index in [1.165, 1.54) is 11.4 Å². The van der Waals surface area contributed by atoms with Crippen molar-refractivity contribution in [3.8, 4) is 0 Å². The van der Waals surface area contributed by atoms with Crippen LogP contribution in [0.2, 0.25) is 0 Å². The Hall–Kier alpha value is -0.430. The summed E-state index contributed by atoms with van der Waals surface area (Å²) in [4.78, 5) is 0. The van der Waals surface area contributed by atoms with Gasteiger partial charge in [-0.05, 0) is 17.7 Å². The number of sulfonamides is 1. The van der Waals surface area contributed by atoms with Gasteiger partial charge in [-0.2, -0.15) is 4.31 Å². The summed E-state index contributed by atoms with van der Waals surface area (Å²) < 4.78 is 25.4. The van der Waals surface area contributed by atoms with Crippen molar-refractivity contribution in [1.82, 2.24) is 4.31 Å². The lowest BCUT2D eigenvalue weighted by atomic mass is 10.0. The Morgan fingerprint density at radius 1 is 1.38 bits per heavy atom. The van der Waals surface area contributed by atoms with E-state index in [1.54, 1.807) is 0 Å². The summed E-state index contributed by atoms with van der Waals surface area (Å²) in [5, 5.41) is 8.40. The molecule has 1 fully saturated rings. The molecule has 1 aromatic carbocycles. The Labute approximate surface area is 103 Å². The number of hydrogen-bond donors (Lipinski definition) is 1. The number of nitrogens with zero attached hydrogens (tertiary/aromatic N) is 1. The maximum Gasteiger partial charge on any atom is 0.221 e. The zero-order chi connectivity index (χ0) is 11.9. The highest BCUT2D eigenvalue weighted by atomic mass is 79.9. The predicted molar refractivity (Wildman–Crippen MR) is 64.4 cm³/mol. The van der Waals surface area contributed by atoms with Gasteiger partial charge >= 0.3 is 0 Å². The number of hydrogen-bond acceptors (Lipinski definition) is 3. The van der Waals surface area contributed by atoms with Crippen molar-refractivity contribution >= 4 is 26.0 Å². The average Bonchev–Trinajstić information content (AvgIpc) is 2.26. The van der Waals surface area contributed by atoms with Crippen molar-refractivity contribution in [3.63, 3.8) is 0 Å². The number of halogens is 1. The summed E-state index contributed by atoms with van der Waals surface area (Å²) in [5.74, 6) is 0. The van der Waals surface area contributed by atoms with Crippen LogP contribution in [-0.4, -0.2) is 36.7 Å². The summed E-state index contributed by atoms with van der Waals surface area (Å²) in [6.45, 7) is -0.340. The molecule has 0 unspecified atom stereocenters. The van der Waals surface area contributed by atoms with E-state index in [1.807, 2.05) is 24.3 Å². The molecule has 1 aliphatic rings. The monoisotopic (exact) mass is 305 g/mol. The third-order valence-corrected chi connectivity index (χ3v) is 5.65. The molecule has 1 heterocycles. The van der Waals surface area contributed by atoms with Gasteiger partial charge in [-0.25, -0.2) is 8.42 Å². The van der Waals surface area contributed by atoms with Gasteiger partial charge in [0, 0.05) is 11.5 Å². The van der Waals surface area contributed by atoms with Crippen molar-refractivity contribution in [3.05, 3.63) is 34.3 Å². The second-order valence-corrected chi connectivity index (χ2v) is 6.91. The molecule has 0 saturated carbocycles. The second kappa shape index (κ2) is 4.10. The molecule has 0 spiro atoms. The van der Waals surface area contributed by atoms with Crippen LogP contribution in [0.4, 0.5) is 0 Å². The van der Waals surface area contributed by atoms with E-state index in [-0.39, 0.29) is 12.6 Å².